The molecule has 1 aromatic rings. The van der Waals surface area contributed by atoms with Crippen molar-refractivity contribution in [1.29, 1.82) is 5.26 Å². The van der Waals surface area contributed by atoms with E-state index in [1.54, 1.807) is 6.07 Å². The number of hydrogen-bond acceptors (Lipinski definition) is 4. The van der Waals surface area contributed by atoms with Crippen LogP contribution in [-0.4, -0.2) is 18.1 Å². The Hall–Kier alpha value is -2.03. The van der Waals surface area contributed by atoms with Gasteiger partial charge in [0.25, 0.3) is 6.43 Å². The van der Waals surface area contributed by atoms with Crippen molar-refractivity contribution in [3.63, 3.8) is 0 Å². The summed E-state index contributed by atoms with van der Waals surface area (Å²) >= 11 is 0. The minimum atomic E-state index is -2.83. The molecule has 0 saturated carbocycles. The third-order valence-corrected chi connectivity index (χ3v) is 2.03. The van der Waals surface area contributed by atoms with Crippen molar-refractivity contribution in [1.82, 2.24) is 4.98 Å². The SMILES string of the molecule is COC(=O)c1ncc(C)c(C(F)F)c1C#N. The van der Waals surface area contributed by atoms with E-state index in [2.05, 4.69) is 9.72 Å². The van der Waals surface area contributed by atoms with Gasteiger partial charge in [-0.15, -0.1) is 0 Å². The molecule has 1 heterocycles. The molecule has 0 N–H and O–H groups in total. The molecule has 1 aromatic heterocycles. The van der Waals surface area contributed by atoms with E-state index >= 15 is 0 Å². The second kappa shape index (κ2) is 4.66. The van der Waals surface area contributed by atoms with Crippen LogP contribution in [0, 0.1) is 18.3 Å². The summed E-state index contributed by atoms with van der Waals surface area (Å²) in [7, 11) is 1.09. The van der Waals surface area contributed by atoms with Crippen molar-refractivity contribution in [2.24, 2.45) is 0 Å². The first-order chi connectivity index (χ1) is 7.52. The molecular weight excluding hydrogens is 218 g/mol. The van der Waals surface area contributed by atoms with Crippen LogP contribution in [0.4, 0.5) is 8.78 Å². The molecule has 0 aliphatic rings. The van der Waals surface area contributed by atoms with Gasteiger partial charge < -0.3 is 4.74 Å². The first-order valence-electron chi connectivity index (χ1n) is 4.29. The topological polar surface area (TPSA) is 63.0 Å². The smallest absolute Gasteiger partial charge is 0.358 e. The molecule has 6 heteroatoms. The predicted octanol–water partition coefficient (Wildman–Crippen LogP) is 1.99. The monoisotopic (exact) mass is 226 g/mol. The molecule has 0 aliphatic carbocycles. The summed E-state index contributed by atoms with van der Waals surface area (Å²) < 4.78 is 29.7. The van der Waals surface area contributed by atoms with Crippen molar-refractivity contribution in [2.45, 2.75) is 13.3 Å². The van der Waals surface area contributed by atoms with Gasteiger partial charge in [-0.1, -0.05) is 0 Å². The fourth-order valence-corrected chi connectivity index (χ4v) is 1.27. The number of aromatic nitrogens is 1. The molecule has 84 valence electrons. The van der Waals surface area contributed by atoms with Crippen LogP contribution in [0.15, 0.2) is 6.20 Å². The van der Waals surface area contributed by atoms with E-state index in [4.69, 9.17) is 5.26 Å². The van der Waals surface area contributed by atoms with Crippen LogP contribution in [0.3, 0.4) is 0 Å². The fraction of sp³-hybridized carbons (Fsp3) is 0.300. The van der Waals surface area contributed by atoms with Crippen LogP contribution < -0.4 is 0 Å². The third-order valence-electron chi connectivity index (χ3n) is 2.03. The van der Waals surface area contributed by atoms with Crippen molar-refractivity contribution >= 4 is 5.97 Å². The number of hydrogen-bond donors (Lipinski definition) is 0. The number of esters is 1. The highest BCUT2D eigenvalue weighted by atomic mass is 19.3. The average Bonchev–Trinajstić information content (AvgIpc) is 2.26. The highest BCUT2D eigenvalue weighted by molar-refractivity contribution is 5.90. The summed E-state index contributed by atoms with van der Waals surface area (Å²) in [5.41, 5.74) is -1.12. The number of carbonyl (C=O) groups excluding carboxylic acids is 1. The van der Waals surface area contributed by atoms with E-state index < -0.39 is 23.5 Å². The lowest BCUT2D eigenvalue weighted by Gasteiger charge is -2.09. The van der Waals surface area contributed by atoms with Crippen molar-refractivity contribution in [3.05, 3.63) is 28.6 Å². The second-order valence-corrected chi connectivity index (χ2v) is 2.98. The van der Waals surface area contributed by atoms with Gasteiger partial charge in [-0.2, -0.15) is 5.26 Å². The highest BCUT2D eigenvalue weighted by Gasteiger charge is 2.23. The number of pyridine rings is 1. The van der Waals surface area contributed by atoms with Gasteiger partial charge in [-0.25, -0.2) is 18.6 Å². The maximum atomic E-state index is 12.7. The predicted molar refractivity (Wildman–Crippen MR) is 50.0 cm³/mol. The largest absolute Gasteiger partial charge is 0.464 e. The summed E-state index contributed by atoms with van der Waals surface area (Å²) in [5.74, 6) is -0.904. The zero-order valence-corrected chi connectivity index (χ0v) is 8.62. The highest BCUT2D eigenvalue weighted by Crippen LogP contribution is 2.27. The number of methoxy groups -OCH3 is 1. The maximum absolute atomic E-state index is 12.7. The van der Waals surface area contributed by atoms with Gasteiger partial charge in [0.05, 0.1) is 12.7 Å². The van der Waals surface area contributed by atoms with Crippen LogP contribution in [0.1, 0.15) is 33.6 Å². The molecule has 0 aliphatic heterocycles. The summed E-state index contributed by atoms with van der Waals surface area (Å²) in [6.07, 6.45) is -1.71. The molecule has 0 spiro atoms. The minimum absolute atomic E-state index is 0.166. The number of alkyl halides is 2. The van der Waals surface area contributed by atoms with E-state index in [-0.39, 0.29) is 11.3 Å². The molecule has 0 fully saturated rings. The molecule has 1 rings (SSSR count). The van der Waals surface area contributed by atoms with Crippen LogP contribution in [0.2, 0.25) is 0 Å². The Bertz CT molecular complexity index is 467. The van der Waals surface area contributed by atoms with Crippen LogP contribution in [0.5, 0.6) is 0 Å². The molecule has 0 radical (unpaired) electrons. The number of ether oxygens (including phenoxy) is 1. The minimum Gasteiger partial charge on any atom is -0.464 e. The van der Waals surface area contributed by atoms with E-state index in [0.717, 1.165) is 13.3 Å². The van der Waals surface area contributed by atoms with Gasteiger partial charge in [0.2, 0.25) is 0 Å². The molecule has 0 saturated heterocycles. The van der Waals surface area contributed by atoms with E-state index in [0.29, 0.717) is 0 Å². The number of carbonyl (C=O) groups is 1. The van der Waals surface area contributed by atoms with Gasteiger partial charge in [0, 0.05) is 11.8 Å². The van der Waals surface area contributed by atoms with Crippen molar-refractivity contribution < 1.29 is 18.3 Å². The molecule has 0 atom stereocenters. The van der Waals surface area contributed by atoms with E-state index in [9.17, 15) is 13.6 Å². The zero-order chi connectivity index (χ0) is 12.3. The lowest BCUT2D eigenvalue weighted by molar-refractivity contribution is 0.0593. The molecular formula is C10H8F2N2O2. The third kappa shape index (κ3) is 1.98. The molecule has 0 aromatic carbocycles. The van der Waals surface area contributed by atoms with Gasteiger partial charge >= 0.3 is 5.97 Å². The van der Waals surface area contributed by atoms with E-state index in [1.165, 1.54) is 6.92 Å². The molecule has 0 unspecified atom stereocenters. The Morgan fingerprint density at radius 3 is 2.69 bits per heavy atom. The lowest BCUT2D eigenvalue weighted by Crippen LogP contribution is -2.10. The fourth-order valence-electron chi connectivity index (χ4n) is 1.27. The van der Waals surface area contributed by atoms with Crippen molar-refractivity contribution in [2.75, 3.05) is 7.11 Å². The summed E-state index contributed by atoms with van der Waals surface area (Å²) in [4.78, 5) is 14.8. The Balaban J connectivity index is 3.51. The first kappa shape index (κ1) is 12.0. The second-order valence-electron chi connectivity index (χ2n) is 2.98. The Morgan fingerprint density at radius 1 is 1.62 bits per heavy atom. The summed E-state index contributed by atoms with van der Waals surface area (Å²) in [5, 5.41) is 8.79. The van der Waals surface area contributed by atoms with E-state index in [1.807, 2.05) is 0 Å². The normalized spacial score (nSPS) is 10.0. The molecule has 0 amide bonds. The number of aryl methyl sites for hydroxylation is 1. The molecule has 0 bridgehead atoms. The quantitative estimate of drug-likeness (QED) is 0.723. The first-order valence-corrected chi connectivity index (χ1v) is 4.29. The standard InChI is InChI=1S/C10H8F2N2O2/c1-5-4-14-8(10(15)16-2)6(3-13)7(5)9(11)12/h4,9H,1-2H3. The zero-order valence-electron chi connectivity index (χ0n) is 8.62. The molecule has 16 heavy (non-hydrogen) atoms. The van der Waals surface area contributed by atoms with Gasteiger partial charge in [-0.3, -0.25) is 0 Å². The van der Waals surface area contributed by atoms with Gasteiger partial charge in [0.1, 0.15) is 6.07 Å². The van der Waals surface area contributed by atoms with Gasteiger partial charge in [-0.05, 0) is 12.5 Å². The van der Waals surface area contributed by atoms with Gasteiger partial charge in [0.15, 0.2) is 5.69 Å². The Kier molecular flexibility index (Phi) is 3.51. The summed E-state index contributed by atoms with van der Waals surface area (Å²) in [6.45, 7) is 1.40. The van der Waals surface area contributed by atoms with Crippen LogP contribution in [0.25, 0.3) is 0 Å². The molecule has 4 nitrogen and oxygen atoms in total. The Labute approximate surface area is 90.5 Å². The maximum Gasteiger partial charge on any atom is 0.358 e. The number of rotatable bonds is 2. The number of halogens is 2. The van der Waals surface area contributed by atoms with Crippen molar-refractivity contribution in [3.8, 4) is 6.07 Å². The van der Waals surface area contributed by atoms with Crippen LogP contribution >= 0.6 is 0 Å². The average molecular weight is 226 g/mol. The number of nitrogens with zero attached hydrogens (tertiary/aromatic N) is 2. The Morgan fingerprint density at radius 2 is 2.25 bits per heavy atom. The number of nitriles is 1. The van der Waals surface area contributed by atoms with Crippen LogP contribution in [-0.2, 0) is 4.74 Å². The lowest BCUT2D eigenvalue weighted by atomic mass is 10.0. The summed E-state index contributed by atoms with van der Waals surface area (Å²) in [6, 6.07) is 1.56.